The van der Waals surface area contributed by atoms with Crippen LogP contribution in [0.15, 0.2) is 27.9 Å². The van der Waals surface area contributed by atoms with Crippen LogP contribution in [0.3, 0.4) is 0 Å². The first-order valence-corrected chi connectivity index (χ1v) is 9.72. The Kier molecular flexibility index (Phi) is 5.86. The van der Waals surface area contributed by atoms with Crippen LogP contribution in [-0.4, -0.2) is 50.3 Å². The van der Waals surface area contributed by atoms with Crippen LogP contribution >= 0.6 is 0 Å². The summed E-state index contributed by atoms with van der Waals surface area (Å²) >= 11 is 0. The molecule has 3 heterocycles. The van der Waals surface area contributed by atoms with Crippen molar-refractivity contribution in [1.82, 2.24) is 24.6 Å². The molecule has 0 saturated carbocycles. The van der Waals surface area contributed by atoms with Gasteiger partial charge in [-0.25, -0.2) is 4.79 Å². The van der Waals surface area contributed by atoms with Gasteiger partial charge in [-0.2, -0.15) is 5.10 Å². The molecule has 1 aliphatic rings. The van der Waals surface area contributed by atoms with Gasteiger partial charge in [-0.05, 0) is 24.8 Å². The number of piperidine rings is 1. The normalized spacial score (nSPS) is 15.4. The van der Waals surface area contributed by atoms with Crippen LogP contribution < -0.4 is 16.0 Å². The number of rotatable bonds is 4. The number of ether oxygens (including phenoxy) is 1. The topological polar surface area (TPSA) is 110 Å². The van der Waals surface area contributed by atoms with Crippen molar-refractivity contribution in [2.24, 2.45) is 13.0 Å². The number of amides is 1. The van der Waals surface area contributed by atoms with E-state index in [2.05, 4.69) is 36.0 Å². The van der Waals surface area contributed by atoms with Crippen LogP contribution in [0.25, 0.3) is 0 Å². The molecule has 0 radical (unpaired) electrons. The van der Waals surface area contributed by atoms with E-state index in [0.717, 1.165) is 23.1 Å². The summed E-state index contributed by atoms with van der Waals surface area (Å²) < 4.78 is 6.67. The number of likely N-dealkylation sites (tertiary alicyclic amines) is 1. The van der Waals surface area contributed by atoms with E-state index in [1.165, 1.54) is 13.2 Å². The Morgan fingerprint density at radius 3 is 2.48 bits per heavy atom. The summed E-state index contributed by atoms with van der Waals surface area (Å²) in [5.41, 5.74) is -0.291. The maximum atomic E-state index is 12.6. The molecule has 2 aromatic rings. The largest absolute Gasteiger partial charge is 0.476 e. The van der Waals surface area contributed by atoms with Crippen molar-refractivity contribution in [2.45, 2.75) is 39.0 Å². The Hall–Kier alpha value is -2.97. The summed E-state index contributed by atoms with van der Waals surface area (Å²) in [4.78, 5) is 40.3. The first kappa shape index (κ1) is 20.8. The number of nitrogens with one attached hydrogen (secondary N) is 1. The quantitative estimate of drug-likeness (QED) is 0.821. The molecule has 1 fully saturated rings. The smallest absolute Gasteiger partial charge is 0.328 e. The van der Waals surface area contributed by atoms with Gasteiger partial charge >= 0.3 is 5.69 Å². The van der Waals surface area contributed by atoms with E-state index in [1.807, 2.05) is 12.1 Å². The molecule has 0 aliphatic carbocycles. The van der Waals surface area contributed by atoms with E-state index >= 15 is 0 Å². The van der Waals surface area contributed by atoms with E-state index in [1.54, 1.807) is 4.90 Å². The summed E-state index contributed by atoms with van der Waals surface area (Å²) in [6.45, 7) is 7.81. The average Bonchev–Trinajstić information content (AvgIpc) is 2.70. The zero-order valence-electron chi connectivity index (χ0n) is 17.3. The molecular formula is C20H27N5O4. The minimum absolute atomic E-state index is 0.0176. The minimum atomic E-state index is -0.582. The van der Waals surface area contributed by atoms with Gasteiger partial charge in [0.25, 0.3) is 11.5 Å². The lowest BCUT2D eigenvalue weighted by atomic mass is 9.92. The number of aromatic amines is 1. The van der Waals surface area contributed by atoms with Gasteiger partial charge < -0.3 is 14.6 Å². The summed E-state index contributed by atoms with van der Waals surface area (Å²) in [7, 11) is 1.35. The van der Waals surface area contributed by atoms with Crippen molar-refractivity contribution >= 4 is 5.91 Å². The Bertz CT molecular complexity index is 980. The predicted molar refractivity (Wildman–Crippen MR) is 107 cm³/mol. The fraction of sp³-hybridized carbons (Fsp3) is 0.550. The number of aromatic nitrogens is 4. The number of carbonyl (C=O) groups is 1. The zero-order valence-corrected chi connectivity index (χ0v) is 17.3. The second-order valence-corrected chi connectivity index (χ2v) is 8.43. The van der Waals surface area contributed by atoms with Crippen LogP contribution in [-0.2, 0) is 12.5 Å². The molecule has 1 saturated heterocycles. The number of carbonyl (C=O) groups excluding carboxylic acids is 1. The van der Waals surface area contributed by atoms with Crippen molar-refractivity contribution in [1.29, 1.82) is 0 Å². The number of hydrogen-bond acceptors (Lipinski definition) is 6. The lowest BCUT2D eigenvalue weighted by Crippen LogP contribution is -2.44. The van der Waals surface area contributed by atoms with Gasteiger partial charge in [0.15, 0.2) is 0 Å². The van der Waals surface area contributed by atoms with Gasteiger partial charge in [0.05, 0.1) is 12.3 Å². The van der Waals surface area contributed by atoms with Crippen molar-refractivity contribution in [3.63, 3.8) is 0 Å². The van der Waals surface area contributed by atoms with Gasteiger partial charge in [-0.15, -0.1) is 5.10 Å². The standard InChI is InChI=1S/C20H27N5O4/c1-20(2,3)15-5-6-16(23-22-15)29-12-13-7-9-25(10-8-13)18(27)14-11-21-19(28)24(4)17(14)26/h5-6,11,13H,7-10,12H2,1-4H3,(H,21,28). The zero-order chi connectivity index (χ0) is 21.2. The van der Waals surface area contributed by atoms with Crippen LogP contribution in [0.1, 0.15) is 49.7 Å². The Morgan fingerprint density at radius 2 is 1.90 bits per heavy atom. The highest BCUT2D eigenvalue weighted by molar-refractivity contribution is 5.93. The second kappa shape index (κ2) is 8.18. The highest BCUT2D eigenvalue weighted by Gasteiger charge is 2.26. The first-order chi connectivity index (χ1) is 13.7. The Balaban J connectivity index is 1.53. The van der Waals surface area contributed by atoms with E-state index < -0.39 is 11.2 Å². The highest BCUT2D eigenvalue weighted by atomic mass is 16.5. The van der Waals surface area contributed by atoms with Crippen molar-refractivity contribution in [2.75, 3.05) is 19.7 Å². The van der Waals surface area contributed by atoms with Crippen LogP contribution in [0.4, 0.5) is 0 Å². The van der Waals surface area contributed by atoms with Crippen molar-refractivity contribution < 1.29 is 9.53 Å². The maximum Gasteiger partial charge on any atom is 0.328 e. The number of H-pyrrole nitrogens is 1. The minimum Gasteiger partial charge on any atom is -0.476 e. The number of hydrogen-bond donors (Lipinski definition) is 1. The van der Waals surface area contributed by atoms with Gasteiger partial charge in [0.2, 0.25) is 5.88 Å². The Morgan fingerprint density at radius 1 is 1.21 bits per heavy atom. The summed E-state index contributed by atoms with van der Waals surface area (Å²) in [5.74, 6) is 0.430. The molecule has 1 aliphatic heterocycles. The predicted octanol–water partition coefficient (Wildman–Crippen LogP) is 1.09. The van der Waals surface area contributed by atoms with Gasteiger partial charge in [0.1, 0.15) is 5.56 Å². The SMILES string of the molecule is Cn1c(=O)[nH]cc(C(=O)N2CCC(COc3ccc(C(C)(C)C)nn3)CC2)c1=O. The molecule has 2 aromatic heterocycles. The van der Waals surface area contributed by atoms with E-state index in [9.17, 15) is 14.4 Å². The third-order valence-electron chi connectivity index (χ3n) is 5.19. The monoisotopic (exact) mass is 401 g/mol. The lowest BCUT2D eigenvalue weighted by Gasteiger charge is -2.31. The highest BCUT2D eigenvalue weighted by Crippen LogP contribution is 2.22. The fourth-order valence-electron chi connectivity index (χ4n) is 3.19. The molecule has 0 unspecified atom stereocenters. The molecule has 29 heavy (non-hydrogen) atoms. The molecule has 9 heteroatoms. The summed E-state index contributed by atoms with van der Waals surface area (Å²) in [5, 5.41) is 8.35. The summed E-state index contributed by atoms with van der Waals surface area (Å²) in [6, 6.07) is 3.76. The third kappa shape index (κ3) is 4.72. The molecule has 0 aromatic carbocycles. The lowest BCUT2D eigenvalue weighted by molar-refractivity contribution is 0.0656. The molecule has 1 amide bonds. The van der Waals surface area contributed by atoms with Gasteiger partial charge in [-0.1, -0.05) is 20.8 Å². The molecule has 0 bridgehead atoms. The van der Waals surface area contributed by atoms with E-state index in [0.29, 0.717) is 31.5 Å². The van der Waals surface area contributed by atoms with Gasteiger partial charge in [0, 0.05) is 37.8 Å². The van der Waals surface area contributed by atoms with Gasteiger partial charge in [-0.3, -0.25) is 14.2 Å². The van der Waals surface area contributed by atoms with Crippen LogP contribution in [0, 0.1) is 5.92 Å². The second-order valence-electron chi connectivity index (χ2n) is 8.43. The fourth-order valence-corrected chi connectivity index (χ4v) is 3.19. The first-order valence-electron chi connectivity index (χ1n) is 9.72. The Labute approximate surface area is 168 Å². The van der Waals surface area contributed by atoms with Crippen molar-refractivity contribution in [3.8, 4) is 5.88 Å². The number of nitrogens with zero attached hydrogens (tertiary/aromatic N) is 4. The third-order valence-corrected chi connectivity index (χ3v) is 5.19. The summed E-state index contributed by atoms with van der Waals surface area (Å²) in [6.07, 6.45) is 2.73. The molecule has 0 atom stereocenters. The van der Waals surface area contributed by atoms with Crippen LogP contribution in [0.2, 0.25) is 0 Å². The molecule has 3 rings (SSSR count). The maximum absolute atomic E-state index is 12.6. The van der Waals surface area contributed by atoms with E-state index in [4.69, 9.17) is 4.74 Å². The molecule has 156 valence electrons. The average molecular weight is 401 g/mol. The molecule has 1 N–H and O–H groups in total. The van der Waals surface area contributed by atoms with Crippen molar-refractivity contribution in [3.05, 3.63) is 50.4 Å². The van der Waals surface area contributed by atoms with Crippen LogP contribution in [0.5, 0.6) is 5.88 Å². The van der Waals surface area contributed by atoms with E-state index in [-0.39, 0.29) is 16.9 Å². The molecule has 9 nitrogen and oxygen atoms in total. The molecule has 0 spiro atoms. The molecular weight excluding hydrogens is 374 g/mol.